The third kappa shape index (κ3) is 5.42. The van der Waals surface area contributed by atoms with Crippen molar-refractivity contribution in [2.45, 2.75) is 50.6 Å². The maximum atomic E-state index is 13.2. The summed E-state index contributed by atoms with van der Waals surface area (Å²) < 4.78 is 26.3. The van der Waals surface area contributed by atoms with E-state index < -0.39 is 27.9 Å². The summed E-state index contributed by atoms with van der Waals surface area (Å²) in [7, 11) is -3.99. The van der Waals surface area contributed by atoms with Gasteiger partial charge in [-0.1, -0.05) is 55.8 Å². The van der Waals surface area contributed by atoms with E-state index >= 15 is 0 Å². The van der Waals surface area contributed by atoms with Crippen molar-refractivity contribution in [1.82, 2.24) is 14.5 Å². The highest BCUT2D eigenvalue weighted by Gasteiger charge is 2.41. The highest BCUT2D eigenvalue weighted by atomic mass is 32.2. The molecule has 3 amide bonds. The van der Waals surface area contributed by atoms with Gasteiger partial charge in [-0.05, 0) is 31.0 Å². The van der Waals surface area contributed by atoms with Gasteiger partial charge in [0.2, 0.25) is 11.8 Å². The van der Waals surface area contributed by atoms with Crippen molar-refractivity contribution in [2.75, 3.05) is 13.1 Å². The maximum Gasteiger partial charge on any atom is 0.269 e. The standard InChI is InChI=1S/C24H29N3O5S/c1-3-4-15-25-23(29)18(2)26(17-19-10-6-5-7-11-19)22(28)14-16-27-24(30)20-12-8-9-13-21(20)33(27,31)32/h5-13,18H,3-4,14-17H2,1-2H3,(H,25,29). The maximum absolute atomic E-state index is 13.2. The normalized spacial score (nSPS) is 15.1. The summed E-state index contributed by atoms with van der Waals surface area (Å²) in [6.07, 6.45) is 1.54. The second-order valence-electron chi connectivity index (χ2n) is 7.96. The van der Waals surface area contributed by atoms with Crippen LogP contribution in [0.1, 0.15) is 49.0 Å². The molecule has 1 aliphatic rings. The Morgan fingerprint density at radius 3 is 2.39 bits per heavy atom. The van der Waals surface area contributed by atoms with Crippen molar-refractivity contribution >= 4 is 27.7 Å². The van der Waals surface area contributed by atoms with E-state index in [9.17, 15) is 22.8 Å². The monoisotopic (exact) mass is 471 g/mol. The molecule has 176 valence electrons. The van der Waals surface area contributed by atoms with Crippen LogP contribution in [0.3, 0.4) is 0 Å². The second-order valence-corrected chi connectivity index (χ2v) is 9.79. The fraction of sp³-hybridized carbons (Fsp3) is 0.375. The Balaban J connectivity index is 1.74. The minimum absolute atomic E-state index is 0.0488. The lowest BCUT2D eigenvalue weighted by molar-refractivity contribution is -0.140. The van der Waals surface area contributed by atoms with E-state index in [4.69, 9.17) is 0 Å². The van der Waals surface area contributed by atoms with Crippen LogP contribution in [0.25, 0.3) is 0 Å². The number of carbonyl (C=O) groups excluding carboxylic acids is 3. The molecular weight excluding hydrogens is 442 g/mol. The summed E-state index contributed by atoms with van der Waals surface area (Å²) in [4.78, 5) is 39.8. The van der Waals surface area contributed by atoms with Gasteiger partial charge in [-0.2, -0.15) is 0 Å². The van der Waals surface area contributed by atoms with Crippen molar-refractivity contribution in [3.63, 3.8) is 0 Å². The molecule has 0 spiro atoms. The predicted octanol–water partition coefficient (Wildman–Crippen LogP) is 2.55. The lowest BCUT2D eigenvalue weighted by Gasteiger charge is -2.29. The largest absolute Gasteiger partial charge is 0.354 e. The number of amides is 3. The van der Waals surface area contributed by atoms with Gasteiger partial charge in [0.1, 0.15) is 10.9 Å². The van der Waals surface area contributed by atoms with Crippen LogP contribution in [-0.2, 0) is 26.2 Å². The van der Waals surface area contributed by atoms with Crippen LogP contribution in [0.5, 0.6) is 0 Å². The Labute approximate surface area is 194 Å². The van der Waals surface area contributed by atoms with Gasteiger partial charge in [0.05, 0.1) is 5.56 Å². The van der Waals surface area contributed by atoms with E-state index in [1.807, 2.05) is 37.3 Å². The lowest BCUT2D eigenvalue weighted by Crippen LogP contribution is -2.48. The zero-order chi connectivity index (χ0) is 24.0. The smallest absolute Gasteiger partial charge is 0.269 e. The molecule has 0 bridgehead atoms. The van der Waals surface area contributed by atoms with E-state index in [1.54, 1.807) is 19.1 Å². The van der Waals surface area contributed by atoms with Crippen LogP contribution in [-0.4, -0.2) is 54.5 Å². The fourth-order valence-electron chi connectivity index (χ4n) is 3.69. The molecule has 0 saturated carbocycles. The van der Waals surface area contributed by atoms with Crippen molar-refractivity contribution in [1.29, 1.82) is 0 Å². The molecule has 2 aromatic rings. The number of hydrogen-bond donors (Lipinski definition) is 1. The van der Waals surface area contributed by atoms with E-state index in [2.05, 4.69) is 5.32 Å². The van der Waals surface area contributed by atoms with E-state index in [0.717, 1.165) is 22.7 Å². The quantitative estimate of drug-likeness (QED) is 0.537. The average Bonchev–Trinajstić information content (AvgIpc) is 3.01. The molecule has 2 aromatic carbocycles. The van der Waals surface area contributed by atoms with Crippen molar-refractivity contribution in [3.8, 4) is 0 Å². The topological polar surface area (TPSA) is 104 Å². The number of benzene rings is 2. The minimum Gasteiger partial charge on any atom is -0.354 e. The van der Waals surface area contributed by atoms with Gasteiger partial charge < -0.3 is 10.2 Å². The Morgan fingerprint density at radius 2 is 1.73 bits per heavy atom. The third-order valence-electron chi connectivity index (χ3n) is 5.63. The van der Waals surface area contributed by atoms with E-state index in [1.165, 1.54) is 17.0 Å². The third-order valence-corrected chi connectivity index (χ3v) is 7.47. The number of fused-ring (bicyclic) bond motifs is 1. The Morgan fingerprint density at radius 1 is 1.06 bits per heavy atom. The van der Waals surface area contributed by atoms with Gasteiger partial charge >= 0.3 is 0 Å². The number of rotatable bonds is 10. The Kier molecular flexibility index (Phi) is 7.86. The van der Waals surface area contributed by atoms with Crippen LogP contribution in [0.2, 0.25) is 0 Å². The molecule has 1 unspecified atom stereocenters. The number of nitrogens with zero attached hydrogens (tertiary/aromatic N) is 2. The molecule has 1 heterocycles. The van der Waals surface area contributed by atoms with E-state index in [0.29, 0.717) is 6.54 Å². The molecule has 0 saturated heterocycles. The van der Waals surface area contributed by atoms with Gasteiger partial charge in [0.25, 0.3) is 15.9 Å². The molecule has 3 rings (SSSR count). The summed E-state index contributed by atoms with van der Waals surface area (Å²) in [5.74, 6) is -1.32. The number of nitrogens with one attached hydrogen (secondary N) is 1. The summed E-state index contributed by atoms with van der Waals surface area (Å²) in [6, 6.07) is 14.5. The molecule has 0 aliphatic carbocycles. The van der Waals surface area contributed by atoms with Crippen LogP contribution >= 0.6 is 0 Å². The summed E-state index contributed by atoms with van der Waals surface area (Å²) in [5, 5.41) is 2.84. The number of carbonyl (C=O) groups is 3. The van der Waals surface area contributed by atoms with Crippen LogP contribution in [0.4, 0.5) is 0 Å². The number of unbranched alkanes of at least 4 members (excludes halogenated alkanes) is 1. The first-order valence-electron chi connectivity index (χ1n) is 11.0. The zero-order valence-electron chi connectivity index (χ0n) is 18.9. The zero-order valence-corrected chi connectivity index (χ0v) is 19.7. The first-order valence-corrected chi connectivity index (χ1v) is 12.5. The predicted molar refractivity (Wildman–Crippen MR) is 124 cm³/mol. The van der Waals surface area contributed by atoms with Gasteiger partial charge in [-0.25, -0.2) is 12.7 Å². The first kappa shape index (κ1) is 24.4. The first-order chi connectivity index (χ1) is 15.8. The molecule has 0 fully saturated rings. The molecule has 1 aliphatic heterocycles. The SMILES string of the molecule is CCCCNC(=O)C(C)N(Cc1ccccc1)C(=O)CCN1C(=O)c2ccccc2S1(=O)=O. The highest BCUT2D eigenvalue weighted by molar-refractivity contribution is 7.90. The van der Waals surface area contributed by atoms with Crippen molar-refractivity contribution in [3.05, 3.63) is 65.7 Å². The molecule has 8 nitrogen and oxygen atoms in total. The van der Waals surface area contributed by atoms with Crippen LogP contribution < -0.4 is 5.32 Å². The van der Waals surface area contributed by atoms with Gasteiger partial charge in [-0.3, -0.25) is 14.4 Å². The Bertz CT molecular complexity index is 1120. The average molecular weight is 472 g/mol. The Hall–Kier alpha value is -3.20. The van der Waals surface area contributed by atoms with Crippen molar-refractivity contribution in [2.24, 2.45) is 0 Å². The molecular formula is C24H29N3O5S. The highest BCUT2D eigenvalue weighted by Crippen LogP contribution is 2.30. The number of sulfonamides is 1. The van der Waals surface area contributed by atoms with E-state index in [-0.39, 0.29) is 35.9 Å². The molecule has 33 heavy (non-hydrogen) atoms. The summed E-state index contributed by atoms with van der Waals surface area (Å²) in [5.41, 5.74) is 0.950. The molecule has 1 N–H and O–H groups in total. The summed E-state index contributed by atoms with van der Waals surface area (Å²) in [6.45, 7) is 4.10. The second kappa shape index (κ2) is 10.6. The van der Waals surface area contributed by atoms with Gasteiger partial charge in [0, 0.05) is 26.1 Å². The lowest BCUT2D eigenvalue weighted by atomic mass is 10.1. The minimum atomic E-state index is -3.99. The summed E-state index contributed by atoms with van der Waals surface area (Å²) >= 11 is 0. The molecule has 1 atom stereocenters. The van der Waals surface area contributed by atoms with Crippen LogP contribution in [0, 0.1) is 0 Å². The number of hydrogen-bond acceptors (Lipinski definition) is 5. The van der Waals surface area contributed by atoms with Crippen LogP contribution in [0.15, 0.2) is 59.5 Å². The van der Waals surface area contributed by atoms with Crippen molar-refractivity contribution < 1.29 is 22.8 Å². The van der Waals surface area contributed by atoms with Gasteiger partial charge in [0.15, 0.2) is 0 Å². The molecule has 9 heteroatoms. The fourth-order valence-corrected chi connectivity index (χ4v) is 5.26. The molecule has 0 aromatic heterocycles. The van der Waals surface area contributed by atoms with Gasteiger partial charge in [-0.15, -0.1) is 0 Å². The molecule has 0 radical (unpaired) electrons.